The van der Waals surface area contributed by atoms with Crippen molar-refractivity contribution in [3.8, 4) is 0 Å². The third kappa shape index (κ3) is 2.60. The van der Waals surface area contributed by atoms with Crippen molar-refractivity contribution in [2.45, 2.75) is 26.3 Å². The second-order valence-electron chi connectivity index (χ2n) is 3.21. The molecule has 0 unspecified atom stereocenters. The Hall–Kier alpha value is -1.29. The Labute approximate surface area is 82.9 Å². The lowest BCUT2D eigenvalue weighted by molar-refractivity contribution is 0.0914. The summed E-state index contributed by atoms with van der Waals surface area (Å²) in [6, 6.07) is 1.48. The van der Waals surface area contributed by atoms with Crippen LogP contribution < -0.4 is 5.32 Å². The number of furan rings is 1. The maximum absolute atomic E-state index is 11.5. The molecular weight excluding hydrogens is 182 g/mol. The lowest BCUT2D eigenvalue weighted by atomic mass is 10.2. The van der Waals surface area contributed by atoms with Crippen molar-refractivity contribution in [3.05, 3.63) is 23.7 Å². The summed E-state index contributed by atoms with van der Waals surface area (Å²) in [5, 5.41) is 11.6. The van der Waals surface area contributed by atoms with Gasteiger partial charge in [-0.1, -0.05) is 6.92 Å². The van der Waals surface area contributed by atoms with Crippen molar-refractivity contribution >= 4 is 5.91 Å². The van der Waals surface area contributed by atoms with Crippen LogP contribution in [0, 0.1) is 6.92 Å². The normalized spacial score (nSPS) is 12.5. The Balaban J connectivity index is 2.58. The molecule has 4 nitrogen and oxygen atoms in total. The number of nitrogens with one attached hydrogen (secondary N) is 1. The molecule has 1 aromatic heterocycles. The molecule has 0 aliphatic rings. The van der Waals surface area contributed by atoms with Gasteiger partial charge in [0.1, 0.15) is 12.0 Å². The number of amides is 1. The van der Waals surface area contributed by atoms with Gasteiger partial charge in [-0.3, -0.25) is 4.79 Å². The van der Waals surface area contributed by atoms with E-state index in [2.05, 4.69) is 5.32 Å². The van der Waals surface area contributed by atoms with Crippen LogP contribution >= 0.6 is 0 Å². The number of aryl methyl sites for hydroxylation is 1. The average molecular weight is 197 g/mol. The molecule has 0 radical (unpaired) electrons. The molecule has 14 heavy (non-hydrogen) atoms. The van der Waals surface area contributed by atoms with E-state index < -0.39 is 0 Å². The fourth-order valence-corrected chi connectivity index (χ4v) is 1.11. The zero-order chi connectivity index (χ0) is 10.6. The van der Waals surface area contributed by atoms with E-state index in [0.717, 1.165) is 0 Å². The highest BCUT2D eigenvalue weighted by molar-refractivity contribution is 5.94. The first-order chi connectivity index (χ1) is 6.67. The van der Waals surface area contributed by atoms with E-state index in [4.69, 9.17) is 9.52 Å². The topological polar surface area (TPSA) is 62.5 Å². The minimum absolute atomic E-state index is 0.0426. The van der Waals surface area contributed by atoms with Gasteiger partial charge in [-0.2, -0.15) is 0 Å². The first-order valence-corrected chi connectivity index (χ1v) is 4.64. The lowest BCUT2D eigenvalue weighted by Gasteiger charge is -2.12. The minimum Gasteiger partial charge on any atom is -0.469 e. The molecule has 0 saturated carbocycles. The Morgan fingerprint density at radius 2 is 2.43 bits per heavy atom. The van der Waals surface area contributed by atoms with Gasteiger partial charge in [-0.05, 0) is 19.4 Å². The van der Waals surface area contributed by atoms with Crippen LogP contribution in [-0.2, 0) is 0 Å². The van der Waals surface area contributed by atoms with Gasteiger partial charge < -0.3 is 14.8 Å². The van der Waals surface area contributed by atoms with Crippen LogP contribution in [0.25, 0.3) is 0 Å². The van der Waals surface area contributed by atoms with Crippen molar-refractivity contribution in [1.29, 1.82) is 0 Å². The lowest BCUT2D eigenvalue weighted by Crippen LogP contribution is -2.36. The summed E-state index contributed by atoms with van der Waals surface area (Å²) >= 11 is 0. The zero-order valence-electron chi connectivity index (χ0n) is 8.41. The summed E-state index contributed by atoms with van der Waals surface area (Å²) in [6.45, 7) is 3.64. The summed E-state index contributed by atoms with van der Waals surface area (Å²) in [5.41, 5.74) is 0.495. The molecule has 4 heteroatoms. The van der Waals surface area contributed by atoms with Crippen LogP contribution in [0.1, 0.15) is 29.5 Å². The number of aliphatic hydroxyl groups is 1. The van der Waals surface area contributed by atoms with Crippen molar-refractivity contribution in [2.75, 3.05) is 6.61 Å². The molecule has 1 heterocycles. The maximum atomic E-state index is 11.5. The van der Waals surface area contributed by atoms with Gasteiger partial charge in [0.2, 0.25) is 0 Å². The van der Waals surface area contributed by atoms with Crippen LogP contribution in [0.2, 0.25) is 0 Å². The van der Waals surface area contributed by atoms with E-state index in [1.807, 2.05) is 6.92 Å². The third-order valence-electron chi connectivity index (χ3n) is 2.04. The second-order valence-corrected chi connectivity index (χ2v) is 3.21. The zero-order valence-corrected chi connectivity index (χ0v) is 8.41. The summed E-state index contributed by atoms with van der Waals surface area (Å²) in [5.74, 6) is 0.495. The van der Waals surface area contributed by atoms with Crippen molar-refractivity contribution in [3.63, 3.8) is 0 Å². The number of aliphatic hydroxyl groups excluding tert-OH is 1. The molecule has 78 valence electrons. The molecule has 2 N–H and O–H groups in total. The van der Waals surface area contributed by atoms with Crippen LogP contribution in [-0.4, -0.2) is 23.7 Å². The highest BCUT2D eigenvalue weighted by Gasteiger charge is 2.12. The monoisotopic (exact) mass is 197 g/mol. The molecule has 1 amide bonds. The molecule has 1 atom stereocenters. The standard InChI is InChI=1S/C10H15NO3/c1-3-9(5-12)11-10(13)8-4-7(2)14-6-8/h4,6,9,12H,3,5H2,1-2H3,(H,11,13)/t9-/m1/s1. The van der Waals surface area contributed by atoms with E-state index in [-0.39, 0.29) is 18.6 Å². The molecule has 0 fully saturated rings. The van der Waals surface area contributed by atoms with Gasteiger partial charge in [0.15, 0.2) is 0 Å². The highest BCUT2D eigenvalue weighted by Crippen LogP contribution is 2.06. The fourth-order valence-electron chi connectivity index (χ4n) is 1.11. The Bertz CT molecular complexity index is 302. The number of rotatable bonds is 4. The van der Waals surface area contributed by atoms with E-state index in [1.54, 1.807) is 13.0 Å². The van der Waals surface area contributed by atoms with Crippen LogP contribution in [0.5, 0.6) is 0 Å². The molecular formula is C10H15NO3. The van der Waals surface area contributed by atoms with Crippen LogP contribution in [0.15, 0.2) is 16.7 Å². The average Bonchev–Trinajstić information content (AvgIpc) is 2.61. The molecule has 1 aromatic rings. The molecule has 0 aliphatic heterocycles. The minimum atomic E-state index is -0.206. The smallest absolute Gasteiger partial charge is 0.254 e. The predicted molar refractivity (Wildman–Crippen MR) is 52.1 cm³/mol. The number of hydrogen-bond donors (Lipinski definition) is 2. The molecule has 1 rings (SSSR count). The second kappa shape index (κ2) is 4.81. The van der Waals surface area contributed by atoms with Crippen molar-refractivity contribution in [1.82, 2.24) is 5.32 Å². The van der Waals surface area contributed by atoms with Gasteiger partial charge in [0.25, 0.3) is 5.91 Å². The fraction of sp³-hybridized carbons (Fsp3) is 0.500. The molecule has 0 spiro atoms. The first kappa shape index (κ1) is 10.8. The number of carbonyl (C=O) groups is 1. The van der Waals surface area contributed by atoms with Gasteiger partial charge >= 0.3 is 0 Å². The highest BCUT2D eigenvalue weighted by atomic mass is 16.3. The van der Waals surface area contributed by atoms with Gasteiger partial charge in [-0.15, -0.1) is 0 Å². The van der Waals surface area contributed by atoms with Crippen molar-refractivity contribution < 1.29 is 14.3 Å². The van der Waals surface area contributed by atoms with E-state index in [0.29, 0.717) is 17.7 Å². The van der Waals surface area contributed by atoms with E-state index >= 15 is 0 Å². The SMILES string of the molecule is CC[C@H](CO)NC(=O)c1coc(C)c1. The molecule has 0 aliphatic carbocycles. The Kier molecular flexibility index (Phi) is 3.71. The first-order valence-electron chi connectivity index (χ1n) is 4.64. The third-order valence-corrected chi connectivity index (χ3v) is 2.04. The predicted octanol–water partition coefficient (Wildman–Crippen LogP) is 1.09. The van der Waals surface area contributed by atoms with Gasteiger partial charge in [-0.25, -0.2) is 0 Å². The summed E-state index contributed by atoms with van der Waals surface area (Å²) in [6.07, 6.45) is 2.12. The van der Waals surface area contributed by atoms with Crippen molar-refractivity contribution in [2.24, 2.45) is 0 Å². The quantitative estimate of drug-likeness (QED) is 0.759. The summed E-state index contributed by atoms with van der Waals surface area (Å²) < 4.78 is 5.01. The Morgan fingerprint density at radius 3 is 2.86 bits per heavy atom. The Morgan fingerprint density at radius 1 is 1.71 bits per heavy atom. The van der Waals surface area contributed by atoms with Gasteiger partial charge in [0, 0.05) is 0 Å². The number of carbonyl (C=O) groups excluding carboxylic acids is 1. The summed E-state index contributed by atoms with van der Waals surface area (Å²) in [4.78, 5) is 11.5. The maximum Gasteiger partial charge on any atom is 0.254 e. The molecule has 0 bridgehead atoms. The molecule has 0 saturated heterocycles. The van der Waals surface area contributed by atoms with Gasteiger partial charge in [0.05, 0.1) is 18.2 Å². The van der Waals surface area contributed by atoms with E-state index in [9.17, 15) is 4.79 Å². The van der Waals surface area contributed by atoms with Crippen LogP contribution in [0.3, 0.4) is 0 Å². The molecule has 0 aromatic carbocycles. The van der Waals surface area contributed by atoms with E-state index in [1.165, 1.54) is 6.26 Å². The van der Waals surface area contributed by atoms with Crippen LogP contribution in [0.4, 0.5) is 0 Å². The number of hydrogen-bond acceptors (Lipinski definition) is 3. The largest absolute Gasteiger partial charge is 0.469 e. The summed E-state index contributed by atoms with van der Waals surface area (Å²) in [7, 11) is 0.